The fourth-order valence-corrected chi connectivity index (χ4v) is 7.60. The van der Waals surface area contributed by atoms with Crippen LogP contribution in [0.15, 0.2) is 52.4 Å². The van der Waals surface area contributed by atoms with Crippen LogP contribution in [0.4, 0.5) is 13.2 Å². The number of benzene rings is 2. The number of hydrogen-bond donors (Lipinski definition) is 0. The fourth-order valence-electron chi connectivity index (χ4n) is 3.72. The molecule has 2 heterocycles. The predicted molar refractivity (Wildman–Crippen MR) is 114 cm³/mol. The molecule has 172 valence electrons. The van der Waals surface area contributed by atoms with Crippen molar-refractivity contribution in [3.63, 3.8) is 0 Å². The molecular formula is C20H18ClF3N2O4S2. The molecule has 1 fully saturated rings. The van der Waals surface area contributed by atoms with Gasteiger partial charge >= 0.3 is 6.18 Å². The van der Waals surface area contributed by atoms with Crippen LogP contribution in [-0.4, -0.2) is 38.2 Å². The second-order valence-electron chi connectivity index (χ2n) is 7.53. The lowest BCUT2D eigenvalue weighted by molar-refractivity contribution is -0.137. The topological polar surface area (TPSA) is 76.5 Å². The molecule has 0 aliphatic carbocycles. The van der Waals surface area contributed by atoms with Crippen molar-refractivity contribution in [2.75, 3.05) is 13.1 Å². The van der Waals surface area contributed by atoms with Gasteiger partial charge in [-0.1, -0.05) is 29.3 Å². The summed E-state index contributed by atoms with van der Waals surface area (Å²) in [6.45, 7) is 2.13. The Hall–Kier alpha value is -2.08. The van der Waals surface area contributed by atoms with E-state index in [2.05, 4.69) is 0 Å². The molecule has 0 bridgehead atoms. The average molecular weight is 507 g/mol. The van der Waals surface area contributed by atoms with Gasteiger partial charge in [0.15, 0.2) is 5.03 Å². The first kappa shape index (κ1) is 23.1. The summed E-state index contributed by atoms with van der Waals surface area (Å²) < 4.78 is 95.5. The van der Waals surface area contributed by atoms with Gasteiger partial charge in [0.25, 0.3) is 20.0 Å². The molecule has 0 N–H and O–H groups in total. The maximum atomic E-state index is 13.5. The lowest BCUT2D eigenvalue weighted by Crippen LogP contribution is -2.31. The molecule has 2 aromatic carbocycles. The smallest absolute Gasteiger partial charge is 0.221 e. The van der Waals surface area contributed by atoms with Gasteiger partial charge < -0.3 is 0 Å². The van der Waals surface area contributed by atoms with Crippen molar-refractivity contribution in [1.29, 1.82) is 0 Å². The van der Waals surface area contributed by atoms with Crippen molar-refractivity contribution in [3.8, 4) is 0 Å². The number of aromatic nitrogens is 1. The number of aryl methyl sites for hydroxylation is 1. The SMILES string of the molecule is Cc1ccc(S(=O)(=O)n2c(S(=O)(=O)N3CCCC3)cc3c(Cl)c(C(F)(F)F)ccc32)cc1. The van der Waals surface area contributed by atoms with Crippen LogP contribution in [0.5, 0.6) is 0 Å². The molecule has 0 spiro atoms. The van der Waals surface area contributed by atoms with Crippen LogP contribution >= 0.6 is 11.6 Å². The van der Waals surface area contributed by atoms with E-state index in [4.69, 9.17) is 11.6 Å². The highest BCUT2D eigenvalue weighted by Crippen LogP contribution is 2.41. The van der Waals surface area contributed by atoms with E-state index in [1.165, 1.54) is 12.1 Å². The van der Waals surface area contributed by atoms with Crippen LogP contribution in [0, 0.1) is 6.92 Å². The zero-order chi connectivity index (χ0) is 23.5. The van der Waals surface area contributed by atoms with Crippen molar-refractivity contribution in [1.82, 2.24) is 8.28 Å². The molecule has 0 radical (unpaired) electrons. The quantitative estimate of drug-likeness (QED) is 0.516. The minimum Gasteiger partial charge on any atom is -0.221 e. The van der Waals surface area contributed by atoms with Crippen LogP contribution in [0.25, 0.3) is 10.9 Å². The van der Waals surface area contributed by atoms with Gasteiger partial charge in [0.1, 0.15) is 0 Å². The maximum absolute atomic E-state index is 13.5. The standard InChI is InChI=1S/C20H18ClF3N2O4S2/c1-13-4-6-14(7-5-13)31(27,28)26-17-9-8-16(20(22,23)24)19(21)15(17)12-18(26)32(29,30)25-10-2-3-11-25/h4-9,12H,2-3,10-11H2,1H3. The highest BCUT2D eigenvalue weighted by molar-refractivity contribution is 7.92. The van der Waals surface area contributed by atoms with Gasteiger partial charge in [-0.2, -0.15) is 17.5 Å². The Balaban J connectivity index is 2.07. The molecule has 1 aromatic heterocycles. The molecule has 6 nitrogen and oxygen atoms in total. The van der Waals surface area contributed by atoms with Gasteiger partial charge in [-0.05, 0) is 50.1 Å². The molecule has 0 amide bonds. The van der Waals surface area contributed by atoms with E-state index in [1.807, 2.05) is 0 Å². The Morgan fingerprint density at radius 2 is 1.50 bits per heavy atom. The van der Waals surface area contributed by atoms with Crippen molar-refractivity contribution in [2.45, 2.75) is 35.9 Å². The summed E-state index contributed by atoms with van der Waals surface area (Å²) in [5.41, 5.74) is -0.646. The van der Waals surface area contributed by atoms with Crippen LogP contribution in [-0.2, 0) is 26.2 Å². The van der Waals surface area contributed by atoms with Crippen molar-refractivity contribution >= 4 is 42.6 Å². The summed E-state index contributed by atoms with van der Waals surface area (Å²) in [5.74, 6) is 0. The Morgan fingerprint density at radius 1 is 0.906 bits per heavy atom. The number of sulfonamides is 1. The van der Waals surface area contributed by atoms with Gasteiger partial charge in [0.05, 0.1) is 21.0 Å². The number of rotatable bonds is 4. The third-order valence-electron chi connectivity index (χ3n) is 5.38. The molecule has 1 aliphatic heterocycles. The molecule has 1 saturated heterocycles. The van der Waals surface area contributed by atoms with E-state index < -0.39 is 41.8 Å². The number of alkyl halides is 3. The Bertz CT molecular complexity index is 1410. The van der Waals surface area contributed by atoms with Crippen LogP contribution in [0.3, 0.4) is 0 Å². The first-order valence-corrected chi connectivity index (χ1v) is 12.8. The molecule has 1 aliphatic rings. The maximum Gasteiger partial charge on any atom is 0.417 e. The summed E-state index contributed by atoms with van der Waals surface area (Å²) >= 11 is 6.00. The molecule has 4 rings (SSSR count). The van der Waals surface area contributed by atoms with Gasteiger partial charge in [0, 0.05) is 18.5 Å². The molecular weight excluding hydrogens is 489 g/mol. The summed E-state index contributed by atoms with van der Waals surface area (Å²) in [6.07, 6.45) is -3.59. The highest BCUT2D eigenvalue weighted by atomic mass is 35.5. The zero-order valence-electron chi connectivity index (χ0n) is 16.7. The second-order valence-corrected chi connectivity index (χ2v) is 11.6. The molecule has 0 saturated carbocycles. The highest BCUT2D eigenvalue weighted by Gasteiger charge is 2.38. The van der Waals surface area contributed by atoms with Gasteiger partial charge in [-0.15, -0.1) is 0 Å². The molecule has 12 heteroatoms. The largest absolute Gasteiger partial charge is 0.417 e. The van der Waals surface area contributed by atoms with Gasteiger partial charge in [0.2, 0.25) is 0 Å². The lowest BCUT2D eigenvalue weighted by Gasteiger charge is -2.18. The van der Waals surface area contributed by atoms with Crippen molar-refractivity contribution in [3.05, 3.63) is 58.6 Å². The van der Waals surface area contributed by atoms with Crippen molar-refractivity contribution < 1.29 is 30.0 Å². The minimum absolute atomic E-state index is 0.190. The van der Waals surface area contributed by atoms with E-state index in [0.717, 1.165) is 22.0 Å². The van der Waals surface area contributed by atoms with Crippen molar-refractivity contribution in [2.24, 2.45) is 0 Å². The first-order chi connectivity index (χ1) is 14.8. The summed E-state index contributed by atoms with van der Waals surface area (Å²) in [5, 5.41) is -1.71. The summed E-state index contributed by atoms with van der Waals surface area (Å²) in [4.78, 5) is -0.200. The number of hydrogen-bond acceptors (Lipinski definition) is 4. The van der Waals surface area contributed by atoms with E-state index in [0.29, 0.717) is 22.9 Å². The molecule has 0 unspecified atom stereocenters. The monoisotopic (exact) mass is 506 g/mol. The number of nitrogens with zero attached hydrogens (tertiary/aromatic N) is 2. The predicted octanol–water partition coefficient (Wildman–Crippen LogP) is 4.64. The molecule has 0 atom stereocenters. The van der Waals surface area contributed by atoms with E-state index >= 15 is 0 Å². The van der Waals surface area contributed by atoms with E-state index in [1.54, 1.807) is 19.1 Å². The lowest BCUT2D eigenvalue weighted by atomic mass is 10.1. The van der Waals surface area contributed by atoms with E-state index in [-0.39, 0.29) is 28.9 Å². The summed E-state index contributed by atoms with van der Waals surface area (Å²) in [6, 6.07) is 8.20. The summed E-state index contributed by atoms with van der Waals surface area (Å²) in [7, 11) is -8.79. The zero-order valence-corrected chi connectivity index (χ0v) is 19.1. The number of fused-ring (bicyclic) bond motifs is 1. The van der Waals surface area contributed by atoms with Crippen LogP contribution in [0.1, 0.15) is 24.0 Å². The second kappa shape index (κ2) is 7.75. The van der Waals surface area contributed by atoms with E-state index in [9.17, 15) is 30.0 Å². The Kier molecular flexibility index (Phi) is 5.60. The fraction of sp³-hybridized carbons (Fsp3) is 0.300. The Labute approximate surface area is 188 Å². The minimum atomic E-state index is -4.79. The first-order valence-electron chi connectivity index (χ1n) is 9.59. The van der Waals surface area contributed by atoms with Gasteiger partial charge in [-0.3, -0.25) is 0 Å². The average Bonchev–Trinajstić information content (AvgIpc) is 3.37. The molecule has 3 aromatic rings. The third kappa shape index (κ3) is 3.70. The number of halogens is 4. The third-order valence-corrected chi connectivity index (χ3v) is 9.52. The van der Waals surface area contributed by atoms with Crippen LogP contribution < -0.4 is 0 Å². The van der Waals surface area contributed by atoms with Crippen LogP contribution in [0.2, 0.25) is 5.02 Å². The Morgan fingerprint density at radius 3 is 2.06 bits per heavy atom. The molecule has 32 heavy (non-hydrogen) atoms. The normalized spacial score (nSPS) is 16.2. The van der Waals surface area contributed by atoms with Gasteiger partial charge in [-0.25, -0.2) is 20.8 Å².